The molecule has 0 spiro atoms. The van der Waals surface area contributed by atoms with Crippen LogP contribution in [-0.4, -0.2) is 47.9 Å². The van der Waals surface area contributed by atoms with E-state index in [4.69, 9.17) is 4.74 Å². The molecule has 1 aromatic heterocycles. The van der Waals surface area contributed by atoms with Gasteiger partial charge in [0, 0.05) is 30.7 Å². The van der Waals surface area contributed by atoms with E-state index >= 15 is 0 Å². The Kier molecular flexibility index (Phi) is 5.23. The lowest BCUT2D eigenvalue weighted by molar-refractivity contribution is -0.137. The van der Waals surface area contributed by atoms with E-state index in [0.717, 1.165) is 10.6 Å². The Balaban J connectivity index is 1.55. The fourth-order valence-corrected chi connectivity index (χ4v) is 3.29. The summed E-state index contributed by atoms with van der Waals surface area (Å²) in [5.41, 5.74) is 0.673. The number of urea groups is 1. The number of thiophene rings is 1. The molecule has 3 amide bonds. The van der Waals surface area contributed by atoms with Crippen molar-refractivity contribution in [3.8, 4) is 5.75 Å². The largest absolute Gasteiger partial charge is 0.488 e. The molecule has 0 radical (unpaired) electrons. The van der Waals surface area contributed by atoms with E-state index in [1.165, 1.54) is 0 Å². The fourth-order valence-electron chi connectivity index (χ4n) is 2.67. The summed E-state index contributed by atoms with van der Waals surface area (Å²) >= 11 is 1.65. The lowest BCUT2D eigenvalue weighted by atomic mass is 10.2. The van der Waals surface area contributed by atoms with Gasteiger partial charge in [-0.3, -0.25) is 4.79 Å². The summed E-state index contributed by atoms with van der Waals surface area (Å²) in [6.07, 6.45) is 0. The highest BCUT2D eigenvalue weighted by Crippen LogP contribution is 2.19. The normalized spacial score (nSPS) is 17.5. The maximum Gasteiger partial charge on any atom is 0.322 e. The van der Waals surface area contributed by atoms with Crippen LogP contribution in [0.5, 0.6) is 5.75 Å². The van der Waals surface area contributed by atoms with Crippen molar-refractivity contribution in [2.45, 2.75) is 19.6 Å². The monoisotopic (exact) mass is 359 g/mol. The zero-order valence-corrected chi connectivity index (χ0v) is 15.1. The van der Waals surface area contributed by atoms with Gasteiger partial charge in [0.25, 0.3) is 0 Å². The standard InChI is InChI=1S/C18H21N3O3S/c1-13-17(22)20(2)9-10-21(13)18(23)19-14-5-7-15(8-6-14)24-12-16-4-3-11-25-16/h3-8,11,13H,9-10,12H2,1-2H3,(H,19,23)/t13-/m1/s1. The molecule has 1 fully saturated rings. The Morgan fingerprint density at radius 2 is 2.04 bits per heavy atom. The van der Waals surface area contributed by atoms with Gasteiger partial charge in [-0.1, -0.05) is 6.07 Å². The van der Waals surface area contributed by atoms with E-state index < -0.39 is 6.04 Å². The molecule has 0 unspecified atom stereocenters. The lowest BCUT2D eigenvalue weighted by Crippen LogP contribution is -2.57. The van der Waals surface area contributed by atoms with Crippen molar-refractivity contribution in [1.29, 1.82) is 0 Å². The summed E-state index contributed by atoms with van der Waals surface area (Å²) in [6.45, 7) is 3.35. The van der Waals surface area contributed by atoms with Gasteiger partial charge >= 0.3 is 6.03 Å². The van der Waals surface area contributed by atoms with Gasteiger partial charge in [-0.05, 0) is 42.6 Å². The molecule has 7 heteroatoms. The smallest absolute Gasteiger partial charge is 0.322 e. The van der Waals surface area contributed by atoms with E-state index in [1.807, 2.05) is 29.6 Å². The predicted octanol–water partition coefficient (Wildman–Crippen LogP) is 3.02. The molecule has 6 nitrogen and oxygen atoms in total. The van der Waals surface area contributed by atoms with Gasteiger partial charge in [0.1, 0.15) is 18.4 Å². The average Bonchev–Trinajstić information content (AvgIpc) is 3.12. The van der Waals surface area contributed by atoms with Crippen LogP contribution < -0.4 is 10.1 Å². The highest BCUT2D eigenvalue weighted by Gasteiger charge is 2.32. The molecular formula is C18H21N3O3S. The van der Waals surface area contributed by atoms with Gasteiger partial charge in [-0.2, -0.15) is 0 Å². The Hall–Kier alpha value is -2.54. The van der Waals surface area contributed by atoms with Crippen LogP contribution in [0.4, 0.5) is 10.5 Å². The molecule has 0 aliphatic carbocycles. The van der Waals surface area contributed by atoms with E-state index in [-0.39, 0.29) is 11.9 Å². The van der Waals surface area contributed by atoms with Crippen LogP contribution in [0.2, 0.25) is 0 Å². The maximum atomic E-state index is 12.4. The van der Waals surface area contributed by atoms with Crippen molar-refractivity contribution >= 4 is 29.0 Å². The molecule has 0 bridgehead atoms. The summed E-state index contributed by atoms with van der Waals surface area (Å²) < 4.78 is 5.71. The molecule has 25 heavy (non-hydrogen) atoms. The molecular weight excluding hydrogens is 338 g/mol. The number of amides is 3. The van der Waals surface area contributed by atoms with Crippen molar-refractivity contribution in [3.63, 3.8) is 0 Å². The van der Waals surface area contributed by atoms with Gasteiger partial charge < -0.3 is 19.9 Å². The summed E-state index contributed by atoms with van der Waals surface area (Å²) in [7, 11) is 1.75. The fraction of sp³-hybridized carbons (Fsp3) is 0.333. The first kappa shape index (κ1) is 17.3. The quantitative estimate of drug-likeness (QED) is 0.913. The van der Waals surface area contributed by atoms with Crippen LogP contribution in [0.1, 0.15) is 11.8 Å². The number of carbonyl (C=O) groups is 2. The second kappa shape index (κ2) is 7.57. The first-order chi connectivity index (χ1) is 12.0. The number of hydrogen-bond donors (Lipinski definition) is 1. The van der Waals surface area contributed by atoms with Crippen molar-refractivity contribution < 1.29 is 14.3 Å². The molecule has 0 saturated carbocycles. The Bertz CT molecular complexity index is 731. The van der Waals surface area contributed by atoms with E-state index in [9.17, 15) is 9.59 Å². The van der Waals surface area contributed by atoms with Crippen molar-refractivity contribution in [2.24, 2.45) is 0 Å². The second-order valence-electron chi connectivity index (χ2n) is 5.95. The van der Waals surface area contributed by atoms with Gasteiger partial charge in [0.2, 0.25) is 5.91 Å². The number of likely N-dealkylation sites (N-methyl/N-ethyl adjacent to an activating group) is 1. The SMILES string of the molecule is C[C@@H]1C(=O)N(C)CCN1C(=O)Nc1ccc(OCc2cccs2)cc1. The Morgan fingerprint density at radius 3 is 2.72 bits per heavy atom. The minimum Gasteiger partial charge on any atom is -0.488 e. The molecule has 1 aromatic carbocycles. The molecule has 2 aromatic rings. The zero-order valence-electron chi connectivity index (χ0n) is 14.3. The molecule has 1 aliphatic rings. The number of carbonyl (C=O) groups excluding carboxylic acids is 2. The van der Waals surface area contributed by atoms with Crippen LogP contribution in [-0.2, 0) is 11.4 Å². The summed E-state index contributed by atoms with van der Waals surface area (Å²) in [5, 5.41) is 4.85. The number of nitrogens with one attached hydrogen (secondary N) is 1. The number of nitrogens with zero attached hydrogens (tertiary/aromatic N) is 2. The number of anilines is 1. The number of benzene rings is 1. The van der Waals surface area contributed by atoms with Crippen LogP contribution in [0.15, 0.2) is 41.8 Å². The van der Waals surface area contributed by atoms with Gasteiger partial charge in [0.15, 0.2) is 0 Å². The summed E-state index contributed by atoms with van der Waals surface area (Å²) in [4.78, 5) is 28.8. The van der Waals surface area contributed by atoms with E-state index in [0.29, 0.717) is 25.4 Å². The molecule has 1 N–H and O–H groups in total. The number of ether oxygens (including phenoxy) is 1. The van der Waals surface area contributed by atoms with Crippen LogP contribution in [0, 0.1) is 0 Å². The molecule has 2 heterocycles. The van der Waals surface area contributed by atoms with Crippen molar-refractivity contribution in [3.05, 3.63) is 46.7 Å². The number of rotatable bonds is 4. The molecule has 132 valence electrons. The first-order valence-corrected chi connectivity index (χ1v) is 9.00. The van der Waals surface area contributed by atoms with Crippen molar-refractivity contribution in [1.82, 2.24) is 9.80 Å². The second-order valence-corrected chi connectivity index (χ2v) is 6.98. The van der Waals surface area contributed by atoms with Crippen molar-refractivity contribution in [2.75, 3.05) is 25.5 Å². The minimum atomic E-state index is -0.452. The van der Waals surface area contributed by atoms with Crippen LogP contribution >= 0.6 is 11.3 Å². The number of hydrogen-bond acceptors (Lipinski definition) is 4. The van der Waals surface area contributed by atoms with Crippen LogP contribution in [0.25, 0.3) is 0 Å². The topological polar surface area (TPSA) is 61.9 Å². The summed E-state index contributed by atoms with van der Waals surface area (Å²) in [6, 6.07) is 10.5. The van der Waals surface area contributed by atoms with E-state index in [2.05, 4.69) is 5.32 Å². The average molecular weight is 359 g/mol. The van der Waals surface area contributed by atoms with Gasteiger partial charge in [0.05, 0.1) is 0 Å². The highest BCUT2D eigenvalue weighted by atomic mass is 32.1. The Labute approximate surface area is 151 Å². The Morgan fingerprint density at radius 1 is 1.28 bits per heavy atom. The third-order valence-electron chi connectivity index (χ3n) is 4.21. The first-order valence-electron chi connectivity index (χ1n) is 8.12. The lowest BCUT2D eigenvalue weighted by Gasteiger charge is -2.37. The predicted molar refractivity (Wildman–Crippen MR) is 97.9 cm³/mol. The molecule has 1 aliphatic heterocycles. The van der Waals surface area contributed by atoms with E-state index in [1.54, 1.807) is 47.2 Å². The minimum absolute atomic E-state index is 0.0428. The summed E-state index contributed by atoms with van der Waals surface area (Å²) in [5.74, 6) is 0.702. The maximum absolute atomic E-state index is 12.4. The number of piperazine rings is 1. The molecule has 1 saturated heterocycles. The van der Waals surface area contributed by atoms with Gasteiger partial charge in [-0.15, -0.1) is 11.3 Å². The third-order valence-corrected chi connectivity index (χ3v) is 5.05. The molecule has 1 atom stereocenters. The van der Waals surface area contributed by atoms with Gasteiger partial charge in [-0.25, -0.2) is 4.79 Å². The zero-order chi connectivity index (χ0) is 17.8. The highest BCUT2D eigenvalue weighted by molar-refractivity contribution is 7.09. The third kappa shape index (κ3) is 4.11. The molecule has 3 rings (SSSR count). The van der Waals surface area contributed by atoms with Crippen LogP contribution in [0.3, 0.4) is 0 Å².